The largest absolute Gasteiger partial charge is 0.408 e. The average Bonchev–Trinajstić information content (AvgIpc) is 2.70. The van der Waals surface area contributed by atoms with Crippen LogP contribution in [0.1, 0.15) is 20.1 Å². The Balaban J connectivity index is 2.62. The highest BCUT2D eigenvalue weighted by Crippen LogP contribution is 2.49. The molecule has 1 fully saturated rings. The Morgan fingerprint density at radius 1 is 1.62 bits per heavy atom. The van der Waals surface area contributed by atoms with Gasteiger partial charge in [-0.05, 0) is 25.1 Å². The van der Waals surface area contributed by atoms with Crippen LogP contribution in [0.15, 0.2) is 17.4 Å². The molecule has 0 bridgehead atoms. The van der Waals surface area contributed by atoms with E-state index in [2.05, 4.69) is 10.1 Å². The maximum Gasteiger partial charge on any atom is 0.270 e. The molecule has 0 radical (unpaired) electrons. The third-order valence-corrected chi connectivity index (χ3v) is 3.80. The van der Waals surface area contributed by atoms with E-state index in [0.29, 0.717) is 0 Å². The second-order valence-electron chi connectivity index (χ2n) is 5.40. The number of aromatic nitrogens is 2. The van der Waals surface area contributed by atoms with E-state index in [0.717, 1.165) is 0 Å². The van der Waals surface area contributed by atoms with E-state index in [-0.39, 0.29) is 11.4 Å². The fourth-order valence-electron chi connectivity index (χ4n) is 2.49. The Kier molecular flexibility index (Phi) is 3.63. The highest BCUT2D eigenvalue weighted by molar-refractivity contribution is 5.24. The molecule has 0 saturated carbocycles. The molecule has 0 unspecified atom stereocenters. The molecule has 2 rings (SSSR count). The number of nitrogens with zero attached hydrogens (tertiary/aromatic N) is 4. The van der Waals surface area contributed by atoms with Gasteiger partial charge < -0.3 is 25.9 Å². The van der Waals surface area contributed by atoms with Crippen LogP contribution in [0, 0.1) is 16.7 Å². The van der Waals surface area contributed by atoms with Crippen molar-refractivity contribution in [1.82, 2.24) is 9.55 Å². The Labute approximate surface area is 120 Å². The molecule has 9 nitrogen and oxygen atoms in total. The summed E-state index contributed by atoms with van der Waals surface area (Å²) in [5.74, 6) is 0.126. The highest BCUT2D eigenvalue weighted by Gasteiger charge is 2.60. The normalized spacial score (nSPS) is 36.6. The molecule has 1 aliphatic heterocycles. The predicted molar refractivity (Wildman–Crippen MR) is 69.3 cm³/mol. The molecule has 5 N–H and O–H groups in total. The van der Waals surface area contributed by atoms with Gasteiger partial charge in [0, 0.05) is 6.20 Å². The number of nitrogen functional groups attached to an aromatic ring is 1. The fourth-order valence-corrected chi connectivity index (χ4v) is 2.49. The molecule has 9 heteroatoms. The van der Waals surface area contributed by atoms with Crippen molar-refractivity contribution < 1.29 is 20.2 Å². The number of nitriles is 1. The van der Waals surface area contributed by atoms with Gasteiger partial charge in [0.25, 0.3) is 5.62 Å². The molecule has 0 spiro atoms. The zero-order valence-corrected chi connectivity index (χ0v) is 11.6. The first-order chi connectivity index (χ1) is 9.82. The minimum atomic E-state index is -1.38. The summed E-state index contributed by atoms with van der Waals surface area (Å²) >= 11 is 0. The second-order valence-corrected chi connectivity index (χ2v) is 5.40. The minimum Gasteiger partial charge on any atom is -0.408 e. The molecule has 1 saturated heterocycles. The van der Waals surface area contributed by atoms with Crippen molar-refractivity contribution in [3.63, 3.8) is 0 Å². The first kappa shape index (κ1) is 15.2. The van der Waals surface area contributed by atoms with Gasteiger partial charge in [-0.25, -0.2) is 0 Å². The van der Waals surface area contributed by atoms with Crippen molar-refractivity contribution >= 4 is 5.82 Å². The topological polar surface area (TPSA) is 150 Å². The van der Waals surface area contributed by atoms with Crippen LogP contribution < -0.4 is 11.4 Å². The van der Waals surface area contributed by atoms with E-state index in [1.165, 1.54) is 30.7 Å². The van der Waals surface area contributed by atoms with Crippen LogP contribution in [0.3, 0.4) is 0 Å². The van der Waals surface area contributed by atoms with Gasteiger partial charge in [0.05, 0.1) is 12.7 Å². The van der Waals surface area contributed by atoms with Crippen molar-refractivity contribution in [2.24, 2.45) is 10.6 Å². The van der Waals surface area contributed by atoms with Crippen LogP contribution in [-0.4, -0.2) is 43.3 Å². The number of anilines is 1. The lowest BCUT2D eigenvalue weighted by Crippen LogP contribution is -2.45. The molecular weight excluding hydrogens is 278 g/mol. The smallest absolute Gasteiger partial charge is 0.270 e. The number of nitrogens with two attached hydrogens (primary N) is 1. The third-order valence-electron chi connectivity index (χ3n) is 3.80. The molecule has 1 aromatic heterocycles. The van der Waals surface area contributed by atoms with Crippen molar-refractivity contribution in [1.29, 1.82) is 5.26 Å². The molecule has 2 heterocycles. The molecular formula is C12H17N5O4. The number of hydrogen-bond donors (Lipinski definition) is 4. The maximum absolute atomic E-state index is 10.4. The second kappa shape index (κ2) is 5.00. The van der Waals surface area contributed by atoms with Gasteiger partial charge in [0.2, 0.25) is 0 Å². The summed E-state index contributed by atoms with van der Waals surface area (Å²) in [4.78, 5) is 3.83. The summed E-state index contributed by atoms with van der Waals surface area (Å²) in [5.41, 5.74) is 2.65. The standard InChI is InChI=1S/C12H17N5O4/c1-11(5-13)8(19)12(2,6-18)21-9(11)17-4-3-7(14)15-10(17)16-20/h3-4,8-9,18-20H,6H2,1-2H3,(H2,14,15,16)/t8-,9+,11+,12+/m0/s1. The summed E-state index contributed by atoms with van der Waals surface area (Å²) in [7, 11) is 0. The number of rotatable bonds is 2. The quantitative estimate of drug-likeness (QED) is 0.400. The van der Waals surface area contributed by atoms with Gasteiger partial charge in [0.1, 0.15) is 22.9 Å². The van der Waals surface area contributed by atoms with Crippen LogP contribution in [0.5, 0.6) is 0 Å². The van der Waals surface area contributed by atoms with Crippen LogP contribution in [0.2, 0.25) is 0 Å². The van der Waals surface area contributed by atoms with Gasteiger partial charge in [0.15, 0.2) is 6.23 Å². The molecule has 1 aromatic rings. The molecule has 1 aliphatic rings. The third kappa shape index (κ3) is 2.13. The molecule has 21 heavy (non-hydrogen) atoms. The summed E-state index contributed by atoms with van der Waals surface area (Å²) in [6.07, 6.45) is -0.816. The van der Waals surface area contributed by atoms with Crippen molar-refractivity contribution in [2.75, 3.05) is 12.3 Å². The number of aliphatic hydroxyl groups excluding tert-OH is 2. The Morgan fingerprint density at radius 2 is 2.29 bits per heavy atom. The van der Waals surface area contributed by atoms with E-state index in [1.54, 1.807) is 0 Å². The summed E-state index contributed by atoms with van der Waals surface area (Å²) < 4.78 is 6.96. The fraction of sp³-hybridized carbons (Fsp3) is 0.583. The average molecular weight is 295 g/mol. The van der Waals surface area contributed by atoms with E-state index in [4.69, 9.17) is 15.7 Å². The zero-order valence-electron chi connectivity index (χ0n) is 11.6. The molecule has 0 amide bonds. The SMILES string of the molecule is C[C@]1(C#N)[C@H](n2ccc(N)n/c2=N\O)O[C@](C)(CO)[C@H]1O. The predicted octanol–water partition coefficient (Wildman–Crippen LogP) is -1.07. The van der Waals surface area contributed by atoms with Crippen LogP contribution in [-0.2, 0) is 4.74 Å². The number of aliphatic hydroxyl groups is 2. The van der Waals surface area contributed by atoms with Gasteiger partial charge >= 0.3 is 0 Å². The summed E-state index contributed by atoms with van der Waals surface area (Å²) in [6, 6.07) is 3.45. The van der Waals surface area contributed by atoms with E-state index in [9.17, 15) is 15.5 Å². The summed E-state index contributed by atoms with van der Waals surface area (Å²) in [5, 5.41) is 41.3. The molecule has 0 aromatic carbocycles. The lowest BCUT2D eigenvalue weighted by Gasteiger charge is -2.27. The van der Waals surface area contributed by atoms with E-state index < -0.39 is 30.0 Å². The van der Waals surface area contributed by atoms with Gasteiger partial charge in [-0.3, -0.25) is 4.57 Å². The minimum absolute atomic E-state index is 0.126. The van der Waals surface area contributed by atoms with Crippen molar-refractivity contribution in [3.8, 4) is 6.07 Å². The van der Waals surface area contributed by atoms with Gasteiger partial charge in [-0.1, -0.05) is 0 Å². The summed E-state index contributed by atoms with van der Waals surface area (Å²) in [6.45, 7) is 2.51. The lowest BCUT2D eigenvalue weighted by molar-refractivity contribution is -0.118. The molecule has 4 atom stereocenters. The van der Waals surface area contributed by atoms with Gasteiger partial charge in [-0.2, -0.15) is 10.2 Å². The first-order valence-electron chi connectivity index (χ1n) is 6.23. The first-order valence-corrected chi connectivity index (χ1v) is 6.23. The van der Waals surface area contributed by atoms with Crippen molar-refractivity contribution in [3.05, 3.63) is 17.9 Å². The highest BCUT2D eigenvalue weighted by atomic mass is 16.6. The zero-order chi connectivity index (χ0) is 15.8. The van der Waals surface area contributed by atoms with E-state index >= 15 is 0 Å². The maximum atomic E-state index is 10.4. The molecule has 114 valence electrons. The Morgan fingerprint density at radius 3 is 2.81 bits per heavy atom. The van der Waals surface area contributed by atoms with Crippen LogP contribution in [0.25, 0.3) is 0 Å². The van der Waals surface area contributed by atoms with Crippen molar-refractivity contribution in [2.45, 2.75) is 31.8 Å². The van der Waals surface area contributed by atoms with E-state index in [1.807, 2.05) is 6.07 Å². The van der Waals surface area contributed by atoms with Crippen LogP contribution >= 0.6 is 0 Å². The lowest BCUT2D eigenvalue weighted by atomic mass is 9.79. The van der Waals surface area contributed by atoms with Gasteiger partial charge in [-0.15, -0.1) is 0 Å². The number of hydrogen-bond acceptors (Lipinski definition) is 8. The molecule has 0 aliphatic carbocycles. The Bertz CT molecular complexity index is 654. The Hall–Kier alpha value is -2.15. The number of ether oxygens (including phenoxy) is 1. The monoisotopic (exact) mass is 295 g/mol. The van der Waals surface area contributed by atoms with Crippen LogP contribution in [0.4, 0.5) is 5.82 Å².